The normalized spacial score (nSPS) is 10.2. The van der Waals surface area contributed by atoms with Crippen molar-refractivity contribution in [1.82, 2.24) is 4.98 Å². The van der Waals surface area contributed by atoms with Gasteiger partial charge in [-0.05, 0) is 58.7 Å². The summed E-state index contributed by atoms with van der Waals surface area (Å²) in [4.78, 5) is 16.1. The first-order valence-corrected chi connectivity index (χ1v) is 6.70. The Hall–Kier alpha value is -1.72. The number of nitrogens with one attached hydrogen (secondary N) is 1. The molecule has 1 aromatic carbocycles. The highest BCUT2D eigenvalue weighted by atomic mass is 79.9. The van der Waals surface area contributed by atoms with Gasteiger partial charge in [0.15, 0.2) is 0 Å². The smallest absolute Gasteiger partial charge is 0.256 e. The fourth-order valence-electron chi connectivity index (χ4n) is 1.63. The summed E-state index contributed by atoms with van der Waals surface area (Å²) in [5, 5.41) is 2.74. The fourth-order valence-corrected chi connectivity index (χ4v) is 1.86. The van der Waals surface area contributed by atoms with Crippen LogP contribution >= 0.6 is 15.9 Å². The van der Waals surface area contributed by atoms with Crippen molar-refractivity contribution in [2.75, 3.05) is 11.9 Å². The Bertz CT molecular complexity index is 552. The number of nitrogens with two attached hydrogens (primary N) is 1. The predicted octanol–water partition coefficient (Wildman–Crippen LogP) is 2.60. The second-order valence-electron chi connectivity index (χ2n) is 4.05. The molecule has 0 atom stereocenters. The summed E-state index contributed by atoms with van der Waals surface area (Å²) < 4.78 is 0.872. The predicted molar refractivity (Wildman–Crippen MR) is 79.1 cm³/mol. The van der Waals surface area contributed by atoms with Gasteiger partial charge < -0.3 is 11.1 Å². The number of halogens is 1. The van der Waals surface area contributed by atoms with Crippen molar-refractivity contribution in [3.63, 3.8) is 0 Å². The molecule has 3 N–H and O–H groups in total. The van der Waals surface area contributed by atoms with E-state index in [0.29, 0.717) is 17.9 Å². The van der Waals surface area contributed by atoms with E-state index in [0.717, 1.165) is 16.5 Å². The second-order valence-corrected chi connectivity index (χ2v) is 4.97. The number of aromatic nitrogens is 1. The maximum absolute atomic E-state index is 12.0. The highest BCUT2D eigenvalue weighted by Gasteiger charge is 2.06. The van der Waals surface area contributed by atoms with Crippen LogP contribution in [0.2, 0.25) is 0 Å². The molecule has 1 amide bonds. The molecule has 1 aromatic heterocycles. The molecule has 0 unspecified atom stereocenters. The lowest BCUT2D eigenvalue weighted by molar-refractivity contribution is 0.102. The van der Waals surface area contributed by atoms with Crippen LogP contribution in [0.4, 0.5) is 5.82 Å². The van der Waals surface area contributed by atoms with Crippen molar-refractivity contribution in [1.29, 1.82) is 0 Å². The Balaban J connectivity index is 2.05. The van der Waals surface area contributed by atoms with E-state index < -0.39 is 0 Å². The molecule has 0 aliphatic carbocycles. The van der Waals surface area contributed by atoms with E-state index in [1.807, 2.05) is 18.2 Å². The minimum atomic E-state index is -0.172. The van der Waals surface area contributed by atoms with Gasteiger partial charge in [-0.2, -0.15) is 0 Å². The van der Waals surface area contributed by atoms with Crippen LogP contribution in [-0.4, -0.2) is 17.4 Å². The zero-order chi connectivity index (χ0) is 13.7. The number of rotatable bonds is 4. The van der Waals surface area contributed by atoms with Crippen LogP contribution in [-0.2, 0) is 6.42 Å². The average Bonchev–Trinajstić information content (AvgIpc) is 2.42. The van der Waals surface area contributed by atoms with E-state index in [1.54, 1.807) is 24.4 Å². The van der Waals surface area contributed by atoms with E-state index in [2.05, 4.69) is 26.2 Å². The fraction of sp³-hybridized carbons (Fsp3) is 0.143. The molecule has 0 bridgehead atoms. The Labute approximate surface area is 120 Å². The Morgan fingerprint density at radius 2 is 1.95 bits per heavy atom. The molecule has 4 nitrogen and oxygen atoms in total. The molecule has 2 rings (SSSR count). The average molecular weight is 320 g/mol. The number of hydrogen-bond donors (Lipinski definition) is 2. The Morgan fingerprint density at radius 1 is 1.21 bits per heavy atom. The van der Waals surface area contributed by atoms with Gasteiger partial charge in [0.25, 0.3) is 5.91 Å². The SMILES string of the molecule is NCCc1ccc(C(=O)Nc2ccc(Br)cn2)cc1. The monoisotopic (exact) mass is 319 g/mol. The number of anilines is 1. The van der Waals surface area contributed by atoms with E-state index in [1.165, 1.54) is 0 Å². The molecule has 0 radical (unpaired) electrons. The number of carbonyl (C=O) groups is 1. The maximum atomic E-state index is 12.0. The molecule has 19 heavy (non-hydrogen) atoms. The van der Waals surface area contributed by atoms with Crippen LogP contribution in [0, 0.1) is 0 Å². The topological polar surface area (TPSA) is 68.0 Å². The van der Waals surface area contributed by atoms with Gasteiger partial charge >= 0.3 is 0 Å². The van der Waals surface area contributed by atoms with Crippen LogP contribution in [0.3, 0.4) is 0 Å². The zero-order valence-electron chi connectivity index (χ0n) is 10.3. The largest absolute Gasteiger partial charge is 0.330 e. The highest BCUT2D eigenvalue weighted by Crippen LogP contribution is 2.12. The van der Waals surface area contributed by atoms with Gasteiger partial charge in [0.1, 0.15) is 5.82 Å². The first-order chi connectivity index (χ1) is 9.19. The summed E-state index contributed by atoms with van der Waals surface area (Å²) in [6.45, 7) is 0.606. The molecule has 5 heteroatoms. The third kappa shape index (κ3) is 3.87. The number of amides is 1. The Kier molecular flexibility index (Phi) is 4.65. The van der Waals surface area contributed by atoms with Gasteiger partial charge in [-0.15, -0.1) is 0 Å². The van der Waals surface area contributed by atoms with Crippen LogP contribution < -0.4 is 11.1 Å². The number of hydrogen-bond acceptors (Lipinski definition) is 3. The summed E-state index contributed by atoms with van der Waals surface area (Å²) in [6.07, 6.45) is 2.45. The van der Waals surface area contributed by atoms with Crippen molar-refractivity contribution < 1.29 is 4.79 Å². The summed E-state index contributed by atoms with van der Waals surface area (Å²) in [5.74, 6) is 0.355. The zero-order valence-corrected chi connectivity index (χ0v) is 11.9. The van der Waals surface area contributed by atoms with E-state index in [9.17, 15) is 4.79 Å². The van der Waals surface area contributed by atoms with Crippen LogP contribution in [0.25, 0.3) is 0 Å². The lowest BCUT2D eigenvalue weighted by Gasteiger charge is -2.05. The molecule has 0 aliphatic heterocycles. The molecule has 0 aliphatic rings. The summed E-state index contributed by atoms with van der Waals surface area (Å²) in [5.41, 5.74) is 7.21. The van der Waals surface area contributed by atoms with Crippen LogP contribution in [0.5, 0.6) is 0 Å². The third-order valence-electron chi connectivity index (χ3n) is 2.62. The maximum Gasteiger partial charge on any atom is 0.256 e. The Morgan fingerprint density at radius 3 is 2.53 bits per heavy atom. The number of pyridine rings is 1. The lowest BCUT2D eigenvalue weighted by atomic mass is 10.1. The van der Waals surface area contributed by atoms with Gasteiger partial charge in [0.05, 0.1) is 0 Å². The minimum Gasteiger partial charge on any atom is -0.330 e. The molecule has 2 aromatic rings. The molecule has 0 saturated heterocycles. The minimum absolute atomic E-state index is 0.172. The number of nitrogens with zero attached hydrogens (tertiary/aromatic N) is 1. The van der Waals surface area contributed by atoms with Crippen LogP contribution in [0.1, 0.15) is 15.9 Å². The quantitative estimate of drug-likeness (QED) is 0.910. The van der Waals surface area contributed by atoms with Crippen molar-refractivity contribution >= 4 is 27.7 Å². The molecule has 0 spiro atoms. The van der Waals surface area contributed by atoms with Gasteiger partial charge in [-0.25, -0.2) is 4.98 Å². The van der Waals surface area contributed by atoms with Crippen molar-refractivity contribution in [2.45, 2.75) is 6.42 Å². The number of carbonyl (C=O) groups excluding carboxylic acids is 1. The molecular formula is C14H14BrN3O. The second kappa shape index (κ2) is 6.45. The van der Waals surface area contributed by atoms with Crippen LogP contribution in [0.15, 0.2) is 47.1 Å². The standard InChI is InChI=1S/C14H14BrN3O/c15-12-5-6-13(17-9-12)18-14(19)11-3-1-10(2-4-11)7-8-16/h1-6,9H,7-8,16H2,(H,17,18,19). The van der Waals surface area contributed by atoms with E-state index in [4.69, 9.17) is 5.73 Å². The van der Waals surface area contributed by atoms with Gasteiger partial charge in [0, 0.05) is 16.2 Å². The molecular weight excluding hydrogens is 306 g/mol. The lowest BCUT2D eigenvalue weighted by Crippen LogP contribution is -2.13. The van der Waals surface area contributed by atoms with E-state index >= 15 is 0 Å². The molecule has 0 saturated carbocycles. The van der Waals surface area contributed by atoms with Crippen molar-refractivity contribution in [3.8, 4) is 0 Å². The van der Waals surface area contributed by atoms with Gasteiger partial charge in [0.2, 0.25) is 0 Å². The first kappa shape index (κ1) is 13.7. The summed E-state index contributed by atoms with van der Waals surface area (Å²) >= 11 is 3.29. The number of benzene rings is 1. The van der Waals surface area contributed by atoms with Crippen molar-refractivity contribution in [3.05, 3.63) is 58.2 Å². The highest BCUT2D eigenvalue weighted by molar-refractivity contribution is 9.10. The molecule has 0 fully saturated rings. The van der Waals surface area contributed by atoms with Gasteiger partial charge in [-0.3, -0.25) is 4.79 Å². The molecule has 1 heterocycles. The summed E-state index contributed by atoms with van der Waals surface area (Å²) in [6, 6.07) is 11.0. The van der Waals surface area contributed by atoms with Gasteiger partial charge in [-0.1, -0.05) is 12.1 Å². The summed E-state index contributed by atoms with van der Waals surface area (Å²) in [7, 11) is 0. The van der Waals surface area contributed by atoms with Crippen molar-refractivity contribution in [2.24, 2.45) is 5.73 Å². The first-order valence-electron chi connectivity index (χ1n) is 5.91. The molecule has 98 valence electrons. The van der Waals surface area contributed by atoms with E-state index in [-0.39, 0.29) is 5.91 Å². The third-order valence-corrected chi connectivity index (χ3v) is 3.09.